The van der Waals surface area contributed by atoms with Crippen LogP contribution in [0.15, 0.2) is 10.7 Å². The Labute approximate surface area is 70.2 Å². The van der Waals surface area contributed by atoms with Crippen molar-refractivity contribution in [2.45, 2.75) is 26.2 Å². The molecule has 0 aliphatic rings. The first-order valence-electron chi connectivity index (χ1n) is 3.36. The molecule has 0 aliphatic carbocycles. The van der Waals surface area contributed by atoms with Gasteiger partial charge in [-0.15, -0.1) is 0 Å². The molecule has 0 fully saturated rings. The number of furan rings is 1. The molecule has 1 rings (SSSR count). The average molecular weight is 177 g/mol. The van der Waals surface area contributed by atoms with Crippen LogP contribution in [-0.4, -0.2) is 0 Å². The summed E-state index contributed by atoms with van der Waals surface area (Å²) < 4.78 is 17.1. The molecule has 1 nitrogen and oxygen atoms in total. The van der Waals surface area contributed by atoms with Gasteiger partial charge in [-0.3, -0.25) is 0 Å². The molecule has 1 heterocycles. The van der Waals surface area contributed by atoms with Gasteiger partial charge in [-0.1, -0.05) is 32.4 Å². The lowest BCUT2D eigenvalue weighted by molar-refractivity contribution is 0.358. The van der Waals surface area contributed by atoms with E-state index in [4.69, 9.17) is 11.6 Å². The third-order valence-electron chi connectivity index (χ3n) is 1.50. The van der Waals surface area contributed by atoms with Crippen LogP contribution in [0.25, 0.3) is 0 Å². The predicted molar refractivity (Wildman–Crippen MR) is 42.4 cm³/mol. The van der Waals surface area contributed by atoms with E-state index in [0.29, 0.717) is 5.56 Å². The van der Waals surface area contributed by atoms with E-state index in [9.17, 15) is 4.39 Å². The molecule has 0 aliphatic heterocycles. The highest BCUT2D eigenvalue weighted by molar-refractivity contribution is 6.31. The van der Waals surface area contributed by atoms with Crippen molar-refractivity contribution in [2.75, 3.05) is 0 Å². The summed E-state index contributed by atoms with van der Waals surface area (Å²) in [6, 6.07) is -0.698. The quantitative estimate of drug-likeness (QED) is 0.591. The molecule has 0 N–H and O–H groups in total. The zero-order valence-electron chi connectivity index (χ0n) is 6.74. The molecule has 3 heteroatoms. The number of halogens is 2. The second-order valence-electron chi connectivity index (χ2n) is 3.49. The average Bonchev–Trinajstić information content (AvgIpc) is 2.11. The number of hydrogen-bond acceptors (Lipinski definition) is 1. The van der Waals surface area contributed by atoms with Gasteiger partial charge in [0.05, 0.1) is 6.26 Å². The fraction of sp³-hybridized carbons (Fsp3) is 0.500. The zero-order valence-corrected chi connectivity index (χ0v) is 7.50. The van der Waals surface area contributed by atoms with E-state index in [-0.39, 0.29) is 10.4 Å². The first-order chi connectivity index (χ1) is 4.93. The molecule has 0 aromatic carbocycles. The van der Waals surface area contributed by atoms with Gasteiger partial charge in [0, 0.05) is 5.56 Å². The second-order valence-corrected chi connectivity index (χ2v) is 3.87. The van der Waals surface area contributed by atoms with Gasteiger partial charge in [-0.05, 0) is 5.41 Å². The van der Waals surface area contributed by atoms with Gasteiger partial charge in [0.15, 0.2) is 0 Å². The van der Waals surface area contributed by atoms with Crippen LogP contribution in [-0.2, 0) is 5.41 Å². The van der Waals surface area contributed by atoms with Gasteiger partial charge in [-0.25, -0.2) is 0 Å². The molecular weight excluding hydrogens is 167 g/mol. The van der Waals surface area contributed by atoms with Crippen LogP contribution in [0.3, 0.4) is 0 Å². The zero-order chi connectivity index (χ0) is 8.65. The summed E-state index contributed by atoms with van der Waals surface area (Å²) in [7, 11) is 0. The van der Waals surface area contributed by atoms with Crippen LogP contribution >= 0.6 is 11.6 Å². The Morgan fingerprint density at radius 1 is 1.45 bits per heavy atom. The smallest absolute Gasteiger partial charge is 0.296 e. The maximum atomic E-state index is 12.6. The van der Waals surface area contributed by atoms with E-state index in [1.807, 2.05) is 20.8 Å². The summed E-state index contributed by atoms with van der Waals surface area (Å²) in [6.07, 6.45) is 1.36. The number of hydrogen-bond donors (Lipinski definition) is 0. The molecule has 0 bridgehead atoms. The summed E-state index contributed by atoms with van der Waals surface area (Å²) in [5, 5.41) is 0.0949. The van der Waals surface area contributed by atoms with Crippen molar-refractivity contribution in [3.05, 3.63) is 22.9 Å². The van der Waals surface area contributed by atoms with Gasteiger partial charge in [0.1, 0.15) is 5.02 Å². The Morgan fingerprint density at radius 2 is 2.00 bits per heavy atom. The third kappa shape index (κ3) is 1.56. The number of rotatable bonds is 0. The van der Waals surface area contributed by atoms with Crippen molar-refractivity contribution in [1.29, 1.82) is 0 Å². The topological polar surface area (TPSA) is 13.1 Å². The highest BCUT2D eigenvalue weighted by atomic mass is 35.5. The minimum atomic E-state index is -0.698. The monoisotopic (exact) mass is 176 g/mol. The van der Waals surface area contributed by atoms with Crippen molar-refractivity contribution < 1.29 is 8.81 Å². The minimum Gasteiger partial charge on any atom is -0.438 e. The molecule has 0 spiro atoms. The molecule has 1 aromatic rings. The summed E-state index contributed by atoms with van der Waals surface area (Å²) >= 11 is 5.62. The van der Waals surface area contributed by atoms with Crippen molar-refractivity contribution in [3.63, 3.8) is 0 Å². The van der Waals surface area contributed by atoms with Crippen molar-refractivity contribution >= 4 is 11.6 Å². The van der Waals surface area contributed by atoms with E-state index < -0.39 is 6.01 Å². The highest BCUT2D eigenvalue weighted by Gasteiger charge is 2.22. The van der Waals surface area contributed by atoms with Crippen molar-refractivity contribution in [2.24, 2.45) is 0 Å². The second kappa shape index (κ2) is 2.52. The SMILES string of the molecule is CC(C)(C)c1coc(F)c1Cl. The van der Waals surface area contributed by atoms with Crippen molar-refractivity contribution in [1.82, 2.24) is 0 Å². The molecule has 0 radical (unpaired) electrons. The van der Waals surface area contributed by atoms with Gasteiger partial charge >= 0.3 is 0 Å². The van der Waals surface area contributed by atoms with E-state index in [2.05, 4.69) is 4.42 Å². The third-order valence-corrected chi connectivity index (χ3v) is 1.85. The Kier molecular flexibility index (Phi) is 1.97. The molecule has 0 unspecified atom stereocenters. The lowest BCUT2D eigenvalue weighted by Crippen LogP contribution is -2.10. The maximum Gasteiger partial charge on any atom is 0.296 e. The fourth-order valence-corrected chi connectivity index (χ4v) is 1.20. The molecular formula is C8H10ClFO. The molecule has 0 saturated carbocycles. The van der Waals surface area contributed by atoms with E-state index >= 15 is 0 Å². The summed E-state index contributed by atoms with van der Waals surface area (Å²) in [6.45, 7) is 5.84. The van der Waals surface area contributed by atoms with E-state index in [0.717, 1.165) is 0 Å². The first-order valence-corrected chi connectivity index (χ1v) is 3.73. The Hall–Kier alpha value is -0.500. The largest absolute Gasteiger partial charge is 0.438 e. The molecule has 0 saturated heterocycles. The van der Waals surface area contributed by atoms with E-state index in [1.165, 1.54) is 6.26 Å². The molecule has 0 atom stereocenters. The minimum absolute atomic E-state index is 0.0949. The fourth-order valence-electron chi connectivity index (χ4n) is 0.826. The van der Waals surface area contributed by atoms with Crippen LogP contribution in [0.5, 0.6) is 0 Å². The lowest BCUT2D eigenvalue weighted by Gasteiger charge is -2.15. The standard InChI is InChI=1S/C8H10ClFO/c1-8(2,3)5-4-11-7(10)6(5)9/h4H,1-3H3. The highest BCUT2D eigenvalue weighted by Crippen LogP contribution is 2.32. The summed E-state index contributed by atoms with van der Waals surface area (Å²) in [5.74, 6) is 0. The van der Waals surface area contributed by atoms with Crippen LogP contribution in [0.4, 0.5) is 4.39 Å². The van der Waals surface area contributed by atoms with Crippen molar-refractivity contribution in [3.8, 4) is 0 Å². The summed E-state index contributed by atoms with van der Waals surface area (Å²) in [4.78, 5) is 0. The first kappa shape index (κ1) is 8.60. The van der Waals surface area contributed by atoms with Crippen LogP contribution in [0.1, 0.15) is 26.3 Å². The van der Waals surface area contributed by atoms with Gasteiger partial charge < -0.3 is 4.42 Å². The van der Waals surface area contributed by atoms with E-state index in [1.54, 1.807) is 0 Å². The molecule has 0 amide bonds. The molecule has 11 heavy (non-hydrogen) atoms. The predicted octanol–water partition coefficient (Wildman–Crippen LogP) is 3.37. The van der Waals surface area contributed by atoms with Crippen LogP contribution < -0.4 is 0 Å². The maximum absolute atomic E-state index is 12.6. The van der Waals surface area contributed by atoms with Crippen LogP contribution in [0, 0.1) is 6.01 Å². The Balaban J connectivity index is 3.15. The van der Waals surface area contributed by atoms with Gasteiger partial charge in [0.2, 0.25) is 0 Å². The normalized spacial score (nSPS) is 12.1. The van der Waals surface area contributed by atoms with Gasteiger partial charge in [0.25, 0.3) is 6.01 Å². The molecule has 62 valence electrons. The van der Waals surface area contributed by atoms with Crippen LogP contribution in [0.2, 0.25) is 5.02 Å². The molecule has 1 aromatic heterocycles. The van der Waals surface area contributed by atoms with Gasteiger partial charge in [-0.2, -0.15) is 4.39 Å². The Bertz CT molecular complexity index is 260. The Morgan fingerprint density at radius 3 is 2.18 bits per heavy atom. The summed E-state index contributed by atoms with van der Waals surface area (Å²) in [5.41, 5.74) is 0.543. The lowest BCUT2D eigenvalue weighted by atomic mass is 9.89.